The van der Waals surface area contributed by atoms with Crippen molar-refractivity contribution in [3.8, 4) is 0 Å². The van der Waals surface area contributed by atoms with Crippen LogP contribution in [0.3, 0.4) is 0 Å². The minimum absolute atomic E-state index is 0.241. The summed E-state index contributed by atoms with van der Waals surface area (Å²) in [5.41, 5.74) is 8.11. The first kappa shape index (κ1) is 10.0. The average Bonchev–Trinajstić information content (AvgIpc) is 2.62. The molecule has 1 aliphatic heterocycles. The minimum Gasteiger partial charge on any atom is -0.463 e. The molecule has 0 radical (unpaired) electrons. The van der Waals surface area contributed by atoms with Crippen LogP contribution in [0, 0.1) is 6.92 Å². The van der Waals surface area contributed by atoms with Gasteiger partial charge in [-0.05, 0) is 25.3 Å². The topological polar surface area (TPSA) is 47.6 Å². The zero-order valence-electron chi connectivity index (χ0n) is 8.94. The lowest BCUT2D eigenvalue weighted by atomic mass is 10.0. The molecule has 1 aliphatic rings. The highest BCUT2D eigenvalue weighted by atomic mass is 16.5. The molecule has 2 N–H and O–H groups in total. The SMILES string of the molecule is Cc1cccc(CCC2COC(N)=N2)c1. The Kier molecular flexibility index (Phi) is 2.90. The van der Waals surface area contributed by atoms with E-state index in [1.807, 2.05) is 0 Å². The Morgan fingerprint density at radius 3 is 3.07 bits per heavy atom. The Bertz CT molecular complexity index is 374. The molecule has 0 aromatic heterocycles. The van der Waals surface area contributed by atoms with Crippen LogP contribution in [0.4, 0.5) is 0 Å². The largest absolute Gasteiger partial charge is 0.463 e. The third-order valence-electron chi connectivity index (χ3n) is 2.58. The second kappa shape index (κ2) is 4.34. The van der Waals surface area contributed by atoms with Crippen molar-refractivity contribution in [2.75, 3.05) is 6.61 Å². The summed E-state index contributed by atoms with van der Waals surface area (Å²) < 4.78 is 5.11. The highest BCUT2D eigenvalue weighted by Crippen LogP contribution is 2.12. The van der Waals surface area contributed by atoms with Gasteiger partial charge in [-0.1, -0.05) is 29.8 Å². The third kappa shape index (κ3) is 2.72. The molecule has 0 amide bonds. The van der Waals surface area contributed by atoms with Crippen molar-refractivity contribution < 1.29 is 4.74 Å². The summed E-state index contributed by atoms with van der Waals surface area (Å²) >= 11 is 0. The first-order chi connectivity index (χ1) is 7.24. The highest BCUT2D eigenvalue weighted by Gasteiger charge is 2.15. The Morgan fingerprint density at radius 2 is 2.40 bits per heavy atom. The second-order valence-corrected chi connectivity index (χ2v) is 3.96. The van der Waals surface area contributed by atoms with Crippen LogP contribution >= 0.6 is 0 Å². The molecule has 0 aliphatic carbocycles. The van der Waals surface area contributed by atoms with E-state index in [2.05, 4.69) is 36.2 Å². The van der Waals surface area contributed by atoms with Crippen molar-refractivity contribution in [1.82, 2.24) is 0 Å². The van der Waals surface area contributed by atoms with Crippen molar-refractivity contribution in [2.45, 2.75) is 25.8 Å². The lowest BCUT2D eigenvalue weighted by Crippen LogP contribution is -2.10. The monoisotopic (exact) mass is 204 g/mol. The van der Waals surface area contributed by atoms with Crippen molar-refractivity contribution in [3.63, 3.8) is 0 Å². The van der Waals surface area contributed by atoms with Crippen LogP contribution in [0.25, 0.3) is 0 Å². The maximum Gasteiger partial charge on any atom is 0.282 e. The van der Waals surface area contributed by atoms with Gasteiger partial charge in [0.15, 0.2) is 0 Å². The molecular formula is C12H16N2O. The molecule has 1 atom stereocenters. The summed E-state index contributed by atoms with van der Waals surface area (Å²) in [5, 5.41) is 0. The van der Waals surface area contributed by atoms with Crippen molar-refractivity contribution >= 4 is 6.02 Å². The van der Waals surface area contributed by atoms with Gasteiger partial charge in [0.1, 0.15) is 6.61 Å². The van der Waals surface area contributed by atoms with E-state index in [0.717, 1.165) is 12.8 Å². The molecule has 0 fully saturated rings. The maximum absolute atomic E-state index is 5.45. The normalized spacial score (nSPS) is 19.8. The lowest BCUT2D eigenvalue weighted by Gasteiger charge is -2.05. The van der Waals surface area contributed by atoms with Crippen molar-refractivity contribution in [1.29, 1.82) is 0 Å². The molecule has 0 saturated carbocycles. The molecule has 1 unspecified atom stereocenters. The second-order valence-electron chi connectivity index (χ2n) is 3.96. The van der Waals surface area contributed by atoms with Gasteiger partial charge >= 0.3 is 0 Å². The van der Waals surface area contributed by atoms with Crippen LogP contribution in [0.15, 0.2) is 29.3 Å². The van der Waals surface area contributed by atoms with Gasteiger partial charge < -0.3 is 10.5 Å². The molecule has 0 saturated heterocycles. The van der Waals surface area contributed by atoms with E-state index < -0.39 is 0 Å². The molecule has 3 nitrogen and oxygen atoms in total. The minimum atomic E-state index is 0.241. The van der Waals surface area contributed by atoms with E-state index >= 15 is 0 Å². The standard InChI is InChI=1S/C12H16N2O/c1-9-3-2-4-10(7-9)5-6-11-8-15-12(13)14-11/h2-4,7,11H,5-6,8H2,1H3,(H2,13,14). The van der Waals surface area contributed by atoms with Gasteiger partial charge in [-0.2, -0.15) is 0 Å². The number of nitrogens with two attached hydrogens (primary N) is 1. The molecule has 1 aromatic carbocycles. The lowest BCUT2D eigenvalue weighted by molar-refractivity contribution is 0.308. The fraction of sp³-hybridized carbons (Fsp3) is 0.417. The van der Waals surface area contributed by atoms with Gasteiger partial charge in [-0.25, -0.2) is 4.99 Å². The number of aliphatic imine (C=N–C) groups is 1. The fourth-order valence-electron chi connectivity index (χ4n) is 1.78. The third-order valence-corrected chi connectivity index (χ3v) is 2.58. The summed E-state index contributed by atoms with van der Waals surface area (Å²) in [7, 11) is 0. The maximum atomic E-state index is 5.45. The molecule has 1 aromatic rings. The molecule has 2 rings (SSSR count). The van der Waals surface area contributed by atoms with Gasteiger partial charge in [0.05, 0.1) is 6.04 Å². The van der Waals surface area contributed by atoms with E-state index in [9.17, 15) is 0 Å². The van der Waals surface area contributed by atoms with Crippen LogP contribution in [-0.4, -0.2) is 18.7 Å². The molecule has 80 valence electrons. The van der Waals surface area contributed by atoms with Crippen LogP contribution in [-0.2, 0) is 11.2 Å². The number of hydrogen-bond donors (Lipinski definition) is 1. The summed E-state index contributed by atoms with van der Waals surface area (Å²) in [6.45, 7) is 2.75. The van der Waals surface area contributed by atoms with Crippen molar-refractivity contribution in [3.05, 3.63) is 35.4 Å². The van der Waals surface area contributed by atoms with Gasteiger partial charge in [0.2, 0.25) is 0 Å². The molecule has 0 spiro atoms. The van der Waals surface area contributed by atoms with Gasteiger partial charge in [0, 0.05) is 0 Å². The Labute approximate surface area is 90.0 Å². The van der Waals surface area contributed by atoms with Crippen LogP contribution in [0.1, 0.15) is 17.5 Å². The molecule has 1 heterocycles. The number of ether oxygens (including phenoxy) is 1. The highest BCUT2D eigenvalue weighted by molar-refractivity contribution is 5.72. The smallest absolute Gasteiger partial charge is 0.282 e. The van der Waals surface area contributed by atoms with E-state index in [-0.39, 0.29) is 6.04 Å². The first-order valence-electron chi connectivity index (χ1n) is 5.25. The average molecular weight is 204 g/mol. The van der Waals surface area contributed by atoms with Gasteiger partial charge in [0.25, 0.3) is 6.02 Å². The van der Waals surface area contributed by atoms with E-state index in [1.54, 1.807) is 0 Å². The predicted octanol–water partition coefficient (Wildman–Crippen LogP) is 1.64. The number of amidine groups is 1. The number of aryl methyl sites for hydroxylation is 2. The fourth-order valence-corrected chi connectivity index (χ4v) is 1.78. The van der Waals surface area contributed by atoms with Gasteiger partial charge in [-0.15, -0.1) is 0 Å². The summed E-state index contributed by atoms with van der Waals surface area (Å²) in [4.78, 5) is 4.20. The summed E-state index contributed by atoms with van der Waals surface area (Å²) in [6, 6.07) is 9.14. The quantitative estimate of drug-likeness (QED) is 0.813. The van der Waals surface area contributed by atoms with E-state index in [4.69, 9.17) is 10.5 Å². The number of hydrogen-bond acceptors (Lipinski definition) is 3. The molecular weight excluding hydrogens is 188 g/mol. The van der Waals surface area contributed by atoms with Crippen LogP contribution in [0.2, 0.25) is 0 Å². The predicted molar refractivity (Wildman–Crippen MR) is 60.9 cm³/mol. The molecule has 0 bridgehead atoms. The Hall–Kier alpha value is -1.51. The molecule has 3 heteroatoms. The van der Waals surface area contributed by atoms with Crippen molar-refractivity contribution in [2.24, 2.45) is 10.7 Å². The number of nitrogens with zero attached hydrogens (tertiary/aromatic N) is 1. The molecule has 15 heavy (non-hydrogen) atoms. The van der Waals surface area contributed by atoms with Gasteiger partial charge in [-0.3, -0.25) is 0 Å². The van der Waals surface area contributed by atoms with Crippen LogP contribution in [0.5, 0.6) is 0 Å². The summed E-state index contributed by atoms with van der Waals surface area (Å²) in [6.07, 6.45) is 2.04. The summed E-state index contributed by atoms with van der Waals surface area (Å²) in [5.74, 6) is 0. The van der Waals surface area contributed by atoms with E-state index in [0.29, 0.717) is 12.6 Å². The van der Waals surface area contributed by atoms with Crippen LogP contribution < -0.4 is 5.73 Å². The van der Waals surface area contributed by atoms with E-state index in [1.165, 1.54) is 11.1 Å². The first-order valence-corrected chi connectivity index (χ1v) is 5.25. The number of benzene rings is 1. The zero-order valence-corrected chi connectivity index (χ0v) is 8.94. The Morgan fingerprint density at radius 1 is 1.53 bits per heavy atom. The number of rotatable bonds is 3. The Balaban J connectivity index is 1.88. The zero-order chi connectivity index (χ0) is 10.7.